The van der Waals surface area contributed by atoms with Crippen LogP contribution in [0.25, 0.3) is 0 Å². The molecule has 2 rings (SSSR count). The van der Waals surface area contributed by atoms with Crippen molar-refractivity contribution in [3.63, 3.8) is 0 Å². The Labute approximate surface area is 110 Å². The Hall–Kier alpha value is -1.29. The fourth-order valence-corrected chi connectivity index (χ4v) is 2.18. The maximum absolute atomic E-state index is 4.19. The zero-order chi connectivity index (χ0) is 12.4. The number of anilines is 1. The second kappa shape index (κ2) is 4.92. The predicted octanol–water partition coefficient (Wildman–Crippen LogP) is 3.71. The van der Waals surface area contributed by atoms with Gasteiger partial charge in [-0.15, -0.1) is 0 Å². The molecular formula is C13H16BrN3. The van der Waals surface area contributed by atoms with Gasteiger partial charge < -0.3 is 5.32 Å². The lowest BCUT2D eigenvalue weighted by Crippen LogP contribution is -2.03. The van der Waals surface area contributed by atoms with E-state index in [4.69, 9.17) is 0 Å². The van der Waals surface area contributed by atoms with E-state index in [1.807, 2.05) is 19.9 Å². The lowest BCUT2D eigenvalue weighted by molar-refractivity contribution is 1.02. The standard InChI is InChI=1S/C13H16BrN3/c1-8-12(14)5-4-6-13(8)15-7-11-9(2)16-17-10(11)3/h4-6,15H,7H2,1-3H3,(H,16,17). The highest BCUT2D eigenvalue weighted by Gasteiger charge is 2.07. The average molecular weight is 294 g/mol. The number of H-pyrrole nitrogens is 1. The topological polar surface area (TPSA) is 40.7 Å². The molecule has 0 spiro atoms. The van der Waals surface area contributed by atoms with Crippen LogP contribution in [0.4, 0.5) is 5.69 Å². The monoisotopic (exact) mass is 293 g/mol. The Balaban J connectivity index is 2.15. The summed E-state index contributed by atoms with van der Waals surface area (Å²) in [6.07, 6.45) is 0. The number of aromatic amines is 1. The molecule has 2 aromatic rings. The zero-order valence-corrected chi connectivity index (χ0v) is 11.9. The fourth-order valence-electron chi connectivity index (χ4n) is 1.82. The van der Waals surface area contributed by atoms with Crippen LogP contribution >= 0.6 is 15.9 Å². The van der Waals surface area contributed by atoms with Crippen LogP contribution in [0.3, 0.4) is 0 Å². The molecule has 17 heavy (non-hydrogen) atoms. The summed E-state index contributed by atoms with van der Waals surface area (Å²) in [6.45, 7) is 6.96. The minimum Gasteiger partial charge on any atom is -0.381 e. The van der Waals surface area contributed by atoms with Crippen molar-refractivity contribution in [2.75, 3.05) is 5.32 Å². The highest BCUT2D eigenvalue weighted by molar-refractivity contribution is 9.10. The molecule has 0 unspecified atom stereocenters. The molecule has 1 aromatic heterocycles. The van der Waals surface area contributed by atoms with Crippen molar-refractivity contribution in [3.05, 3.63) is 45.2 Å². The average Bonchev–Trinajstić information content (AvgIpc) is 2.62. The number of hydrogen-bond acceptors (Lipinski definition) is 2. The lowest BCUT2D eigenvalue weighted by atomic mass is 10.1. The fraction of sp³-hybridized carbons (Fsp3) is 0.308. The van der Waals surface area contributed by atoms with Crippen LogP contribution in [0.1, 0.15) is 22.5 Å². The third-order valence-electron chi connectivity index (χ3n) is 3.00. The smallest absolute Gasteiger partial charge is 0.0643 e. The number of nitrogens with one attached hydrogen (secondary N) is 2. The summed E-state index contributed by atoms with van der Waals surface area (Å²) in [5, 5.41) is 10.6. The lowest BCUT2D eigenvalue weighted by Gasteiger charge is -2.10. The Morgan fingerprint density at radius 1 is 1.29 bits per heavy atom. The molecule has 0 radical (unpaired) electrons. The van der Waals surface area contributed by atoms with Crippen molar-refractivity contribution in [1.29, 1.82) is 0 Å². The number of benzene rings is 1. The molecule has 0 bridgehead atoms. The summed E-state index contributed by atoms with van der Waals surface area (Å²) in [6, 6.07) is 6.17. The summed E-state index contributed by atoms with van der Waals surface area (Å²) in [4.78, 5) is 0. The molecule has 0 amide bonds. The van der Waals surface area contributed by atoms with Crippen molar-refractivity contribution in [2.24, 2.45) is 0 Å². The van der Waals surface area contributed by atoms with Crippen LogP contribution in [0.15, 0.2) is 22.7 Å². The van der Waals surface area contributed by atoms with Crippen molar-refractivity contribution in [2.45, 2.75) is 27.3 Å². The molecular weight excluding hydrogens is 278 g/mol. The van der Waals surface area contributed by atoms with E-state index in [0.717, 1.165) is 28.1 Å². The van der Waals surface area contributed by atoms with Gasteiger partial charge in [0.15, 0.2) is 0 Å². The minimum atomic E-state index is 0.797. The van der Waals surface area contributed by atoms with E-state index in [1.165, 1.54) is 11.1 Å². The SMILES string of the molecule is Cc1n[nH]c(C)c1CNc1cccc(Br)c1C. The highest BCUT2D eigenvalue weighted by atomic mass is 79.9. The molecule has 0 saturated heterocycles. The normalized spacial score (nSPS) is 10.6. The molecule has 0 saturated carbocycles. The van der Waals surface area contributed by atoms with Gasteiger partial charge in [-0.05, 0) is 38.5 Å². The second-order valence-electron chi connectivity index (χ2n) is 4.18. The molecule has 0 aliphatic carbocycles. The highest BCUT2D eigenvalue weighted by Crippen LogP contribution is 2.24. The van der Waals surface area contributed by atoms with Crippen LogP contribution in [0.2, 0.25) is 0 Å². The molecule has 1 aromatic carbocycles. The Kier molecular flexibility index (Phi) is 3.52. The Bertz CT molecular complexity index is 512. The van der Waals surface area contributed by atoms with Gasteiger partial charge in [-0.2, -0.15) is 5.10 Å². The van der Waals surface area contributed by atoms with Gasteiger partial charge in [-0.3, -0.25) is 5.10 Å². The van der Waals surface area contributed by atoms with E-state index in [1.54, 1.807) is 0 Å². The molecule has 0 aliphatic heterocycles. The van der Waals surface area contributed by atoms with Gasteiger partial charge in [0.1, 0.15) is 0 Å². The van der Waals surface area contributed by atoms with Gasteiger partial charge in [-0.25, -0.2) is 0 Å². The van der Waals surface area contributed by atoms with Gasteiger partial charge in [0, 0.05) is 28.0 Å². The number of aromatic nitrogens is 2. The predicted molar refractivity (Wildman–Crippen MR) is 74.3 cm³/mol. The minimum absolute atomic E-state index is 0.797. The number of rotatable bonds is 3. The van der Waals surface area contributed by atoms with Crippen molar-refractivity contribution in [3.8, 4) is 0 Å². The van der Waals surface area contributed by atoms with E-state index in [2.05, 4.69) is 50.5 Å². The summed E-state index contributed by atoms with van der Waals surface area (Å²) in [5.74, 6) is 0. The first kappa shape index (κ1) is 12.2. The van der Waals surface area contributed by atoms with Gasteiger partial charge >= 0.3 is 0 Å². The Morgan fingerprint density at radius 3 is 2.71 bits per heavy atom. The van der Waals surface area contributed by atoms with Crippen LogP contribution in [0, 0.1) is 20.8 Å². The first-order valence-corrected chi connectivity index (χ1v) is 6.38. The number of aryl methyl sites for hydroxylation is 2. The quantitative estimate of drug-likeness (QED) is 0.906. The molecule has 0 atom stereocenters. The van der Waals surface area contributed by atoms with E-state index < -0.39 is 0 Å². The number of halogens is 1. The zero-order valence-electron chi connectivity index (χ0n) is 10.3. The number of nitrogens with zero attached hydrogens (tertiary/aromatic N) is 1. The molecule has 0 aliphatic rings. The molecule has 1 heterocycles. The van der Waals surface area contributed by atoms with Gasteiger partial charge in [-0.1, -0.05) is 22.0 Å². The van der Waals surface area contributed by atoms with Gasteiger partial charge in [0.05, 0.1) is 5.69 Å². The maximum atomic E-state index is 4.19. The first-order valence-electron chi connectivity index (χ1n) is 5.59. The van der Waals surface area contributed by atoms with Crippen LogP contribution in [0.5, 0.6) is 0 Å². The van der Waals surface area contributed by atoms with Crippen molar-refractivity contribution in [1.82, 2.24) is 10.2 Å². The Morgan fingerprint density at radius 2 is 2.06 bits per heavy atom. The van der Waals surface area contributed by atoms with E-state index in [-0.39, 0.29) is 0 Å². The first-order chi connectivity index (χ1) is 8.09. The van der Waals surface area contributed by atoms with Crippen LogP contribution in [-0.4, -0.2) is 10.2 Å². The summed E-state index contributed by atoms with van der Waals surface area (Å²) < 4.78 is 1.13. The molecule has 0 fully saturated rings. The van der Waals surface area contributed by atoms with Crippen LogP contribution < -0.4 is 5.32 Å². The van der Waals surface area contributed by atoms with E-state index in [9.17, 15) is 0 Å². The summed E-state index contributed by atoms with van der Waals surface area (Å²) >= 11 is 3.54. The third-order valence-corrected chi connectivity index (χ3v) is 3.86. The van der Waals surface area contributed by atoms with Crippen LogP contribution in [-0.2, 0) is 6.54 Å². The largest absolute Gasteiger partial charge is 0.381 e. The maximum Gasteiger partial charge on any atom is 0.0643 e. The van der Waals surface area contributed by atoms with Gasteiger partial charge in [0.25, 0.3) is 0 Å². The van der Waals surface area contributed by atoms with E-state index in [0.29, 0.717) is 0 Å². The van der Waals surface area contributed by atoms with Crippen molar-refractivity contribution >= 4 is 21.6 Å². The summed E-state index contributed by atoms with van der Waals surface area (Å²) in [5.41, 5.74) is 5.81. The molecule has 3 nitrogen and oxygen atoms in total. The van der Waals surface area contributed by atoms with Crippen molar-refractivity contribution < 1.29 is 0 Å². The molecule has 2 N–H and O–H groups in total. The molecule has 4 heteroatoms. The van der Waals surface area contributed by atoms with Gasteiger partial charge in [0.2, 0.25) is 0 Å². The third kappa shape index (κ3) is 2.52. The number of hydrogen-bond donors (Lipinski definition) is 2. The van der Waals surface area contributed by atoms with E-state index >= 15 is 0 Å². The second-order valence-corrected chi connectivity index (χ2v) is 5.03. The molecule has 90 valence electrons. The summed E-state index contributed by atoms with van der Waals surface area (Å²) in [7, 11) is 0.